The van der Waals surface area contributed by atoms with Gasteiger partial charge < -0.3 is 9.32 Å². The summed E-state index contributed by atoms with van der Waals surface area (Å²) in [4.78, 5) is 2.24. The summed E-state index contributed by atoms with van der Waals surface area (Å²) < 4.78 is 5.94. The third kappa shape index (κ3) is 2.18. The predicted molar refractivity (Wildman–Crippen MR) is 106 cm³/mol. The van der Waals surface area contributed by atoms with Gasteiger partial charge in [-0.05, 0) is 35.7 Å². The van der Waals surface area contributed by atoms with E-state index in [1.54, 1.807) is 0 Å². The molecule has 5 aromatic rings. The van der Waals surface area contributed by atoms with Gasteiger partial charge in [0.1, 0.15) is 11.2 Å². The third-order valence-corrected chi connectivity index (χ3v) is 4.88. The molecular weight excluding hydrogens is 306 g/mol. The highest BCUT2D eigenvalue weighted by molar-refractivity contribution is 6.06. The molecule has 120 valence electrons. The van der Waals surface area contributed by atoms with Gasteiger partial charge in [-0.25, -0.2) is 0 Å². The van der Waals surface area contributed by atoms with E-state index in [1.165, 1.54) is 16.5 Å². The second-order valence-electron chi connectivity index (χ2n) is 6.34. The molecular formula is C23H17NO. The highest BCUT2D eigenvalue weighted by Gasteiger charge is 2.11. The Kier molecular flexibility index (Phi) is 3.04. The van der Waals surface area contributed by atoms with Crippen molar-refractivity contribution in [2.24, 2.45) is 0 Å². The summed E-state index contributed by atoms with van der Waals surface area (Å²) in [7, 11) is 2.12. The highest BCUT2D eigenvalue weighted by atomic mass is 16.3. The van der Waals surface area contributed by atoms with Gasteiger partial charge in [0.25, 0.3) is 0 Å². The van der Waals surface area contributed by atoms with Gasteiger partial charge in [0, 0.05) is 34.6 Å². The molecule has 0 fully saturated rings. The number of anilines is 2. The maximum Gasteiger partial charge on any atom is 0.135 e. The maximum atomic E-state index is 5.94. The highest BCUT2D eigenvalue weighted by Crippen LogP contribution is 2.35. The maximum absolute atomic E-state index is 5.94. The molecule has 0 bridgehead atoms. The van der Waals surface area contributed by atoms with E-state index in [9.17, 15) is 0 Å². The molecule has 0 saturated carbocycles. The Hall–Kier alpha value is -3.26. The van der Waals surface area contributed by atoms with Gasteiger partial charge in [-0.3, -0.25) is 0 Å². The lowest BCUT2D eigenvalue weighted by molar-refractivity contribution is 0.669. The quantitative estimate of drug-likeness (QED) is 0.368. The monoisotopic (exact) mass is 323 g/mol. The summed E-state index contributed by atoms with van der Waals surface area (Å²) >= 11 is 0. The zero-order valence-corrected chi connectivity index (χ0v) is 13.9. The molecule has 25 heavy (non-hydrogen) atoms. The zero-order chi connectivity index (χ0) is 16.8. The van der Waals surface area contributed by atoms with Gasteiger partial charge in [-0.15, -0.1) is 0 Å². The average molecular weight is 323 g/mol. The summed E-state index contributed by atoms with van der Waals surface area (Å²) in [6.07, 6.45) is 0. The van der Waals surface area contributed by atoms with Gasteiger partial charge in [0.2, 0.25) is 0 Å². The van der Waals surface area contributed by atoms with Crippen molar-refractivity contribution >= 4 is 44.1 Å². The van der Waals surface area contributed by atoms with Gasteiger partial charge in [-0.2, -0.15) is 0 Å². The lowest BCUT2D eigenvalue weighted by Crippen LogP contribution is -2.09. The Morgan fingerprint density at radius 1 is 0.640 bits per heavy atom. The minimum Gasteiger partial charge on any atom is -0.456 e. The van der Waals surface area contributed by atoms with Crippen LogP contribution >= 0.6 is 0 Å². The van der Waals surface area contributed by atoms with Gasteiger partial charge in [-0.1, -0.05) is 54.6 Å². The first-order chi connectivity index (χ1) is 12.3. The molecule has 2 heteroatoms. The van der Waals surface area contributed by atoms with E-state index in [2.05, 4.69) is 84.7 Å². The predicted octanol–water partition coefficient (Wildman–Crippen LogP) is 6.51. The Labute approximate surface area is 145 Å². The number of nitrogens with zero attached hydrogens (tertiary/aromatic N) is 1. The van der Waals surface area contributed by atoms with Crippen LogP contribution < -0.4 is 4.90 Å². The van der Waals surface area contributed by atoms with Crippen molar-refractivity contribution < 1.29 is 4.42 Å². The van der Waals surface area contributed by atoms with E-state index in [4.69, 9.17) is 4.42 Å². The van der Waals surface area contributed by atoms with Crippen LogP contribution in [0.15, 0.2) is 89.3 Å². The summed E-state index contributed by atoms with van der Waals surface area (Å²) in [5.74, 6) is 0. The molecule has 0 aliphatic carbocycles. The van der Waals surface area contributed by atoms with Crippen molar-refractivity contribution in [3.05, 3.63) is 84.9 Å². The van der Waals surface area contributed by atoms with Crippen LogP contribution in [0.3, 0.4) is 0 Å². The van der Waals surface area contributed by atoms with E-state index >= 15 is 0 Å². The second kappa shape index (κ2) is 5.38. The van der Waals surface area contributed by atoms with Crippen LogP contribution in [0.25, 0.3) is 32.7 Å². The molecule has 0 unspecified atom stereocenters. The Balaban J connectivity index is 1.70. The third-order valence-electron chi connectivity index (χ3n) is 4.88. The fourth-order valence-electron chi connectivity index (χ4n) is 3.56. The van der Waals surface area contributed by atoms with E-state index < -0.39 is 0 Å². The topological polar surface area (TPSA) is 16.4 Å². The standard InChI is InChI=1S/C23H17NO/c1-24(21-11-6-8-16-7-2-3-9-18(16)21)17-13-14-23-20(15-17)19-10-4-5-12-22(19)25-23/h2-15H,1H3. The number of benzene rings is 4. The van der Waals surface area contributed by atoms with Crippen LogP contribution in [0, 0.1) is 0 Å². The van der Waals surface area contributed by atoms with Crippen molar-refractivity contribution in [3.8, 4) is 0 Å². The molecule has 0 spiro atoms. The first kappa shape index (κ1) is 14.1. The molecule has 0 atom stereocenters. The van der Waals surface area contributed by atoms with Gasteiger partial charge in [0.15, 0.2) is 0 Å². The van der Waals surface area contributed by atoms with Crippen molar-refractivity contribution in [2.45, 2.75) is 0 Å². The SMILES string of the molecule is CN(c1ccc2oc3ccccc3c2c1)c1cccc2ccccc12. The fourth-order valence-corrected chi connectivity index (χ4v) is 3.56. The number of para-hydroxylation sites is 1. The molecule has 0 aliphatic rings. The van der Waals surface area contributed by atoms with Crippen LogP contribution in [0.5, 0.6) is 0 Å². The number of hydrogen-bond acceptors (Lipinski definition) is 2. The van der Waals surface area contributed by atoms with Gasteiger partial charge >= 0.3 is 0 Å². The van der Waals surface area contributed by atoms with Crippen molar-refractivity contribution in [1.82, 2.24) is 0 Å². The normalized spacial score (nSPS) is 11.4. The summed E-state index contributed by atoms with van der Waals surface area (Å²) in [5, 5.41) is 4.82. The first-order valence-electron chi connectivity index (χ1n) is 8.44. The van der Waals surface area contributed by atoms with Crippen LogP contribution in [0.1, 0.15) is 0 Å². The minimum atomic E-state index is 0.927. The first-order valence-corrected chi connectivity index (χ1v) is 8.44. The molecule has 4 aromatic carbocycles. The van der Waals surface area contributed by atoms with E-state index in [-0.39, 0.29) is 0 Å². The van der Waals surface area contributed by atoms with Gasteiger partial charge in [0.05, 0.1) is 0 Å². The van der Waals surface area contributed by atoms with Crippen molar-refractivity contribution in [3.63, 3.8) is 0 Å². The lowest BCUT2D eigenvalue weighted by Gasteiger charge is -2.21. The molecule has 1 aromatic heterocycles. The number of furan rings is 1. The minimum absolute atomic E-state index is 0.927. The molecule has 0 aliphatic heterocycles. The zero-order valence-electron chi connectivity index (χ0n) is 13.9. The molecule has 2 nitrogen and oxygen atoms in total. The number of hydrogen-bond donors (Lipinski definition) is 0. The molecule has 1 heterocycles. The van der Waals surface area contributed by atoms with Crippen LogP contribution in [-0.2, 0) is 0 Å². The number of fused-ring (bicyclic) bond motifs is 4. The van der Waals surface area contributed by atoms with Crippen molar-refractivity contribution in [1.29, 1.82) is 0 Å². The molecule has 0 N–H and O–H groups in total. The van der Waals surface area contributed by atoms with E-state index in [0.717, 1.165) is 27.6 Å². The molecule has 0 saturated heterocycles. The summed E-state index contributed by atoms with van der Waals surface area (Å²) in [6, 6.07) is 29.5. The fraction of sp³-hybridized carbons (Fsp3) is 0.0435. The Morgan fingerprint density at radius 3 is 2.28 bits per heavy atom. The molecule has 0 amide bonds. The summed E-state index contributed by atoms with van der Waals surface area (Å²) in [6.45, 7) is 0. The number of rotatable bonds is 2. The van der Waals surface area contributed by atoms with E-state index in [0.29, 0.717) is 0 Å². The smallest absolute Gasteiger partial charge is 0.135 e. The second-order valence-corrected chi connectivity index (χ2v) is 6.34. The molecule has 5 rings (SSSR count). The van der Waals surface area contributed by atoms with Crippen LogP contribution in [-0.4, -0.2) is 7.05 Å². The van der Waals surface area contributed by atoms with Crippen LogP contribution in [0.2, 0.25) is 0 Å². The Morgan fingerprint density at radius 2 is 1.36 bits per heavy atom. The summed E-state index contributed by atoms with van der Waals surface area (Å²) in [5.41, 5.74) is 4.21. The van der Waals surface area contributed by atoms with Crippen molar-refractivity contribution in [2.75, 3.05) is 11.9 Å². The largest absolute Gasteiger partial charge is 0.456 e. The van der Waals surface area contributed by atoms with E-state index in [1.807, 2.05) is 12.1 Å². The lowest BCUT2D eigenvalue weighted by atomic mass is 10.1. The van der Waals surface area contributed by atoms with Crippen LogP contribution in [0.4, 0.5) is 11.4 Å². The molecule has 0 radical (unpaired) electrons. The average Bonchev–Trinajstić information content (AvgIpc) is 3.05. The Bertz CT molecular complexity index is 1210.